The summed E-state index contributed by atoms with van der Waals surface area (Å²) in [5.74, 6) is 1.45. The molecule has 0 saturated carbocycles. The van der Waals surface area contributed by atoms with Gasteiger partial charge in [0.15, 0.2) is 0 Å². The van der Waals surface area contributed by atoms with Gasteiger partial charge in [0.25, 0.3) is 0 Å². The van der Waals surface area contributed by atoms with E-state index in [1.54, 1.807) is 0 Å². The van der Waals surface area contributed by atoms with Gasteiger partial charge in [-0.25, -0.2) is 0 Å². The maximum atomic E-state index is 5.72. The van der Waals surface area contributed by atoms with E-state index in [9.17, 15) is 0 Å². The van der Waals surface area contributed by atoms with Gasteiger partial charge in [-0.2, -0.15) is 0 Å². The van der Waals surface area contributed by atoms with Gasteiger partial charge < -0.3 is 15.4 Å². The van der Waals surface area contributed by atoms with Crippen molar-refractivity contribution in [2.45, 2.75) is 32.6 Å². The summed E-state index contributed by atoms with van der Waals surface area (Å²) in [6.45, 7) is 7.33. The van der Waals surface area contributed by atoms with Crippen LogP contribution in [0.4, 0.5) is 0 Å². The van der Waals surface area contributed by atoms with Crippen LogP contribution in [-0.4, -0.2) is 44.8 Å². The summed E-state index contributed by atoms with van der Waals surface area (Å²) in [7, 11) is 2.22. The van der Waals surface area contributed by atoms with Crippen LogP contribution in [0.3, 0.4) is 0 Å². The summed E-state index contributed by atoms with van der Waals surface area (Å²) < 4.78 is 5.50. The molecule has 96 valence electrons. The maximum absolute atomic E-state index is 5.72. The van der Waals surface area contributed by atoms with Crippen LogP contribution in [0.2, 0.25) is 0 Å². The molecule has 1 aliphatic rings. The maximum Gasteiger partial charge on any atom is 0.0506 e. The monoisotopic (exact) mass is 228 g/mol. The van der Waals surface area contributed by atoms with E-state index in [-0.39, 0.29) is 0 Å². The second kappa shape index (κ2) is 8.04. The minimum Gasteiger partial charge on any atom is -0.381 e. The number of hydrogen-bond acceptors (Lipinski definition) is 3. The standard InChI is InChI=1S/C13H28N2O/c1-3-12(9-14)6-7-15(2)10-13-5-4-8-16-11-13/h12-13H,3-11,14H2,1-2H3. The quantitative estimate of drug-likeness (QED) is 0.721. The van der Waals surface area contributed by atoms with Crippen LogP contribution in [0.5, 0.6) is 0 Å². The zero-order chi connectivity index (χ0) is 11.8. The lowest BCUT2D eigenvalue weighted by Crippen LogP contribution is -2.32. The molecule has 1 rings (SSSR count). The summed E-state index contributed by atoms with van der Waals surface area (Å²) in [4.78, 5) is 2.44. The summed E-state index contributed by atoms with van der Waals surface area (Å²) in [6, 6.07) is 0. The molecule has 16 heavy (non-hydrogen) atoms. The fourth-order valence-corrected chi connectivity index (χ4v) is 2.38. The summed E-state index contributed by atoms with van der Waals surface area (Å²) in [6.07, 6.45) is 5.01. The van der Waals surface area contributed by atoms with E-state index in [4.69, 9.17) is 10.5 Å². The molecule has 0 aromatic carbocycles. The van der Waals surface area contributed by atoms with Gasteiger partial charge in [-0.15, -0.1) is 0 Å². The molecule has 0 aromatic heterocycles. The smallest absolute Gasteiger partial charge is 0.0506 e. The molecular weight excluding hydrogens is 200 g/mol. The minimum atomic E-state index is 0.699. The van der Waals surface area contributed by atoms with Crippen LogP contribution in [0.25, 0.3) is 0 Å². The SMILES string of the molecule is CCC(CN)CCN(C)CC1CCCOC1. The predicted molar refractivity (Wildman–Crippen MR) is 68.5 cm³/mol. The Labute approximate surface area is 100 Å². The highest BCUT2D eigenvalue weighted by atomic mass is 16.5. The first kappa shape index (κ1) is 13.9. The van der Waals surface area contributed by atoms with Crippen LogP contribution < -0.4 is 5.73 Å². The third kappa shape index (κ3) is 5.28. The molecule has 3 heteroatoms. The first-order valence-electron chi connectivity index (χ1n) is 6.72. The Balaban J connectivity index is 2.11. The van der Waals surface area contributed by atoms with Gasteiger partial charge in [-0.05, 0) is 51.2 Å². The number of nitrogens with zero attached hydrogens (tertiary/aromatic N) is 1. The van der Waals surface area contributed by atoms with Crippen molar-refractivity contribution in [1.29, 1.82) is 0 Å². The Morgan fingerprint density at radius 1 is 1.50 bits per heavy atom. The average molecular weight is 228 g/mol. The lowest BCUT2D eigenvalue weighted by atomic mass is 10.00. The lowest BCUT2D eigenvalue weighted by Gasteiger charge is -2.27. The Morgan fingerprint density at radius 3 is 2.88 bits per heavy atom. The fraction of sp³-hybridized carbons (Fsp3) is 1.00. The topological polar surface area (TPSA) is 38.5 Å². The lowest BCUT2D eigenvalue weighted by molar-refractivity contribution is 0.0414. The van der Waals surface area contributed by atoms with Crippen LogP contribution in [0, 0.1) is 11.8 Å². The highest BCUT2D eigenvalue weighted by molar-refractivity contribution is 4.68. The molecule has 1 fully saturated rings. The second-order valence-electron chi connectivity index (χ2n) is 5.14. The molecule has 3 nitrogen and oxygen atoms in total. The zero-order valence-corrected chi connectivity index (χ0v) is 11.0. The predicted octanol–water partition coefficient (Wildman–Crippen LogP) is 1.72. The van der Waals surface area contributed by atoms with Crippen molar-refractivity contribution in [3.8, 4) is 0 Å². The number of rotatable bonds is 7. The van der Waals surface area contributed by atoms with Crippen molar-refractivity contribution < 1.29 is 4.74 Å². The van der Waals surface area contributed by atoms with Crippen LogP contribution in [0.15, 0.2) is 0 Å². The summed E-state index contributed by atoms with van der Waals surface area (Å²) in [5.41, 5.74) is 5.72. The molecule has 1 heterocycles. The van der Waals surface area contributed by atoms with Crippen molar-refractivity contribution in [2.24, 2.45) is 17.6 Å². The molecule has 1 saturated heterocycles. The van der Waals surface area contributed by atoms with Gasteiger partial charge in [0.05, 0.1) is 6.61 Å². The van der Waals surface area contributed by atoms with E-state index in [2.05, 4.69) is 18.9 Å². The summed E-state index contributed by atoms with van der Waals surface area (Å²) in [5, 5.41) is 0. The molecule has 0 radical (unpaired) electrons. The average Bonchev–Trinajstić information content (AvgIpc) is 2.31. The Morgan fingerprint density at radius 2 is 2.31 bits per heavy atom. The number of hydrogen-bond donors (Lipinski definition) is 1. The van der Waals surface area contributed by atoms with Crippen molar-refractivity contribution >= 4 is 0 Å². The van der Waals surface area contributed by atoms with Gasteiger partial charge in [0.1, 0.15) is 0 Å². The van der Waals surface area contributed by atoms with Crippen LogP contribution >= 0.6 is 0 Å². The molecule has 0 aliphatic carbocycles. The molecule has 2 N–H and O–H groups in total. The third-order valence-corrected chi connectivity index (χ3v) is 3.65. The van der Waals surface area contributed by atoms with Gasteiger partial charge in [0, 0.05) is 13.2 Å². The van der Waals surface area contributed by atoms with E-state index in [1.165, 1.54) is 38.8 Å². The van der Waals surface area contributed by atoms with Crippen molar-refractivity contribution in [2.75, 3.05) is 39.9 Å². The first-order valence-corrected chi connectivity index (χ1v) is 6.72. The van der Waals surface area contributed by atoms with E-state index in [0.717, 1.165) is 25.7 Å². The van der Waals surface area contributed by atoms with Crippen molar-refractivity contribution in [3.05, 3.63) is 0 Å². The molecule has 1 aliphatic heterocycles. The first-order chi connectivity index (χ1) is 7.76. The van der Waals surface area contributed by atoms with E-state index < -0.39 is 0 Å². The third-order valence-electron chi connectivity index (χ3n) is 3.65. The van der Waals surface area contributed by atoms with Crippen LogP contribution in [-0.2, 0) is 4.74 Å². The van der Waals surface area contributed by atoms with Gasteiger partial charge in [-0.1, -0.05) is 13.3 Å². The second-order valence-corrected chi connectivity index (χ2v) is 5.14. The Hall–Kier alpha value is -0.120. The van der Waals surface area contributed by atoms with Crippen molar-refractivity contribution in [1.82, 2.24) is 4.90 Å². The molecular formula is C13H28N2O. The summed E-state index contributed by atoms with van der Waals surface area (Å²) >= 11 is 0. The molecule has 0 spiro atoms. The number of nitrogens with two attached hydrogens (primary N) is 1. The van der Waals surface area contributed by atoms with Gasteiger partial charge in [-0.3, -0.25) is 0 Å². The van der Waals surface area contributed by atoms with Gasteiger partial charge in [0.2, 0.25) is 0 Å². The Kier molecular flexibility index (Phi) is 7.01. The molecule has 0 aromatic rings. The van der Waals surface area contributed by atoms with Gasteiger partial charge >= 0.3 is 0 Å². The zero-order valence-electron chi connectivity index (χ0n) is 11.0. The van der Waals surface area contributed by atoms with Crippen molar-refractivity contribution in [3.63, 3.8) is 0 Å². The minimum absolute atomic E-state index is 0.699. The fourth-order valence-electron chi connectivity index (χ4n) is 2.38. The molecule has 2 atom stereocenters. The van der Waals surface area contributed by atoms with E-state index in [1.807, 2.05) is 0 Å². The van der Waals surface area contributed by atoms with E-state index >= 15 is 0 Å². The van der Waals surface area contributed by atoms with Crippen LogP contribution in [0.1, 0.15) is 32.6 Å². The molecule has 0 amide bonds. The normalized spacial score (nSPS) is 23.6. The molecule has 0 bridgehead atoms. The van der Waals surface area contributed by atoms with E-state index in [0.29, 0.717) is 5.92 Å². The molecule has 2 unspecified atom stereocenters. The number of ether oxygens (including phenoxy) is 1. The highest BCUT2D eigenvalue weighted by Gasteiger charge is 2.16. The Bertz CT molecular complexity index is 165. The highest BCUT2D eigenvalue weighted by Crippen LogP contribution is 2.15. The largest absolute Gasteiger partial charge is 0.381 e.